The number of benzene rings is 3. The monoisotopic (exact) mass is 430 g/mol. The molecule has 31 heavy (non-hydrogen) atoms. The van der Waals surface area contributed by atoms with Gasteiger partial charge in [-0.25, -0.2) is 4.99 Å². The normalized spacial score (nSPS) is 16.6. The summed E-state index contributed by atoms with van der Waals surface area (Å²) in [6, 6.07) is 20.3. The minimum absolute atomic E-state index is 0.0206. The third kappa shape index (κ3) is 4.52. The maximum absolute atomic E-state index is 13.2. The summed E-state index contributed by atoms with van der Waals surface area (Å²) in [7, 11) is 0. The first-order chi connectivity index (χ1) is 15.1. The molecule has 1 saturated heterocycles. The zero-order valence-corrected chi connectivity index (χ0v) is 18.9. The number of nitrogens with zero attached hydrogens (tertiary/aromatic N) is 2. The second-order valence-corrected chi connectivity index (χ2v) is 8.45. The summed E-state index contributed by atoms with van der Waals surface area (Å²) in [5.41, 5.74) is 2.97. The van der Waals surface area contributed by atoms with Crippen molar-refractivity contribution in [3.05, 3.63) is 76.7 Å². The van der Waals surface area contributed by atoms with E-state index in [4.69, 9.17) is 9.73 Å². The van der Waals surface area contributed by atoms with Crippen LogP contribution < -0.4 is 4.74 Å². The number of amidine groups is 1. The lowest BCUT2D eigenvalue weighted by molar-refractivity contribution is -0.122. The van der Waals surface area contributed by atoms with Crippen molar-refractivity contribution < 1.29 is 9.53 Å². The SMILES string of the molecule is CCCOc1ccc2ccccc2c1/C=C1/SC(=Nc2ccc(C)cc2)N(CC)C1=O. The summed E-state index contributed by atoms with van der Waals surface area (Å²) < 4.78 is 6.02. The molecule has 1 heterocycles. The summed E-state index contributed by atoms with van der Waals surface area (Å²) in [5, 5.41) is 2.90. The first-order valence-electron chi connectivity index (χ1n) is 10.6. The smallest absolute Gasteiger partial charge is 0.266 e. The standard InChI is InChI=1S/C26H26N2O2S/c1-4-16-30-23-15-12-19-8-6-7-9-21(19)22(23)17-24-25(29)28(5-2)26(31-24)27-20-13-10-18(3)11-14-20/h6-15,17H,4-5,16H2,1-3H3/b24-17+,27-26?. The van der Waals surface area contributed by atoms with Gasteiger partial charge in [-0.3, -0.25) is 9.69 Å². The highest BCUT2D eigenvalue weighted by Gasteiger charge is 2.32. The number of carbonyl (C=O) groups excluding carboxylic acids is 1. The summed E-state index contributed by atoms with van der Waals surface area (Å²) in [6.45, 7) is 7.31. The van der Waals surface area contributed by atoms with Crippen LogP contribution in [0.5, 0.6) is 5.75 Å². The molecule has 1 amide bonds. The highest BCUT2D eigenvalue weighted by atomic mass is 32.2. The molecule has 1 aliphatic heterocycles. The fourth-order valence-corrected chi connectivity index (χ4v) is 4.54. The van der Waals surface area contributed by atoms with Crippen LogP contribution in [-0.4, -0.2) is 29.1 Å². The number of rotatable bonds is 6. The zero-order chi connectivity index (χ0) is 21.8. The van der Waals surface area contributed by atoms with Gasteiger partial charge in [0.2, 0.25) is 0 Å². The number of thioether (sulfide) groups is 1. The van der Waals surface area contributed by atoms with Crippen LogP contribution in [0, 0.1) is 6.92 Å². The number of hydrogen-bond donors (Lipinski definition) is 0. The van der Waals surface area contributed by atoms with Crippen LogP contribution in [0.25, 0.3) is 16.8 Å². The molecule has 0 aliphatic carbocycles. The molecule has 158 valence electrons. The predicted octanol–water partition coefficient (Wildman–Crippen LogP) is 6.56. The molecule has 4 rings (SSSR count). The van der Waals surface area contributed by atoms with Gasteiger partial charge in [0.15, 0.2) is 5.17 Å². The number of ether oxygens (including phenoxy) is 1. The van der Waals surface area contributed by atoms with Crippen molar-refractivity contribution in [1.29, 1.82) is 0 Å². The number of aliphatic imine (C=N–C) groups is 1. The second-order valence-electron chi connectivity index (χ2n) is 7.44. The lowest BCUT2D eigenvalue weighted by Crippen LogP contribution is -2.28. The average molecular weight is 431 g/mol. The van der Waals surface area contributed by atoms with Gasteiger partial charge < -0.3 is 4.74 Å². The average Bonchev–Trinajstić information content (AvgIpc) is 3.08. The van der Waals surface area contributed by atoms with Crippen LogP contribution in [0.2, 0.25) is 0 Å². The number of fused-ring (bicyclic) bond motifs is 1. The topological polar surface area (TPSA) is 41.9 Å². The third-order valence-electron chi connectivity index (χ3n) is 5.13. The Balaban J connectivity index is 1.77. The van der Waals surface area contributed by atoms with Gasteiger partial charge in [-0.05, 0) is 67.1 Å². The summed E-state index contributed by atoms with van der Waals surface area (Å²) in [6.07, 6.45) is 2.88. The first-order valence-corrected chi connectivity index (χ1v) is 11.4. The fraction of sp³-hybridized carbons (Fsp3) is 0.231. The lowest BCUT2D eigenvalue weighted by atomic mass is 10.0. The van der Waals surface area contributed by atoms with Crippen LogP contribution in [0.4, 0.5) is 5.69 Å². The van der Waals surface area contributed by atoms with Crippen LogP contribution in [0.15, 0.2) is 70.6 Å². The lowest BCUT2D eigenvalue weighted by Gasteiger charge is -2.13. The van der Waals surface area contributed by atoms with Crippen molar-refractivity contribution in [2.75, 3.05) is 13.2 Å². The maximum atomic E-state index is 13.2. The fourth-order valence-electron chi connectivity index (χ4n) is 3.49. The van der Waals surface area contributed by atoms with Crippen LogP contribution in [0.3, 0.4) is 0 Å². The predicted molar refractivity (Wildman–Crippen MR) is 131 cm³/mol. The summed E-state index contributed by atoms with van der Waals surface area (Å²) in [5.74, 6) is 0.779. The Morgan fingerprint density at radius 1 is 1.03 bits per heavy atom. The molecule has 0 spiro atoms. The molecule has 0 bridgehead atoms. The van der Waals surface area contributed by atoms with Crippen molar-refractivity contribution >= 4 is 45.4 Å². The number of likely N-dealkylation sites (N-methyl/N-ethyl adjacent to an activating group) is 1. The van der Waals surface area contributed by atoms with E-state index < -0.39 is 0 Å². The molecule has 1 aliphatic rings. The van der Waals surface area contributed by atoms with Gasteiger partial charge in [-0.1, -0.05) is 55.0 Å². The van der Waals surface area contributed by atoms with Gasteiger partial charge in [0.1, 0.15) is 5.75 Å². The molecule has 0 atom stereocenters. The van der Waals surface area contributed by atoms with Gasteiger partial charge in [0, 0.05) is 12.1 Å². The van der Waals surface area contributed by atoms with E-state index in [9.17, 15) is 4.79 Å². The van der Waals surface area contributed by atoms with E-state index in [-0.39, 0.29) is 5.91 Å². The highest BCUT2D eigenvalue weighted by molar-refractivity contribution is 8.18. The molecule has 0 saturated carbocycles. The van der Waals surface area contributed by atoms with E-state index in [1.54, 1.807) is 4.90 Å². The molecular formula is C26H26N2O2S. The molecular weight excluding hydrogens is 404 g/mol. The highest BCUT2D eigenvalue weighted by Crippen LogP contribution is 2.37. The van der Waals surface area contributed by atoms with E-state index in [1.807, 2.05) is 62.4 Å². The zero-order valence-electron chi connectivity index (χ0n) is 18.1. The van der Waals surface area contributed by atoms with Crippen molar-refractivity contribution in [2.24, 2.45) is 4.99 Å². The molecule has 0 aromatic heterocycles. The molecule has 0 N–H and O–H groups in total. The first kappa shape index (κ1) is 21.2. The maximum Gasteiger partial charge on any atom is 0.266 e. The van der Waals surface area contributed by atoms with Crippen molar-refractivity contribution in [3.63, 3.8) is 0 Å². The van der Waals surface area contributed by atoms with Gasteiger partial charge in [0.05, 0.1) is 17.2 Å². The second kappa shape index (κ2) is 9.40. The van der Waals surface area contributed by atoms with E-state index in [0.717, 1.165) is 34.2 Å². The Hall–Kier alpha value is -3.05. The van der Waals surface area contributed by atoms with Crippen molar-refractivity contribution in [2.45, 2.75) is 27.2 Å². The number of carbonyl (C=O) groups is 1. The quantitative estimate of drug-likeness (QED) is 0.416. The minimum atomic E-state index is -0.0206. The Bertz CT molecular complexity index is 1170. The minimum Gasteiger partial charge on any atom is -0.493 e. The van der Waals surface area contributed by atoms with Crippen LogP contribution in [0.1, 0.15) is 31.4 Å². The van der Waals surface area contributed by atoms with Gasteiger partial charge in [0.25, 0.3) is 5.91 Å². The third-order valence-corrected chi connectivity index (χ3v) is 6.14. The number of hydrogen-bond acceptors (Lipinski definition) is 4. The van der Waals surface area contributed by atoms with E-state index >= 15 is 0 Å². The number of aryl methyl sites for hydroxylation is 1. The Labute approximate surface area is 187 Å². The molecule has 3 aromatic carbocycles. The van der Waals surface area contributed by atoms with Gasteiger partial charge in [-0.15, -0.1) is 0 Å². The summed E-state index contributed by atoms with van der Waals surface area (Å²) in [4.78, 5) is 20.3. The molecule has 3 aromatic rings. The summed E-state index contributed by atoms with van der Waals surface area (Å²) >= 11 is 1.42. The van der Waals surface area contributed by atoms with Gasteiger partial charge >= 0.3 is 0 Å². The van der Waals surface area contributed by atoms with Crippen LogP contribution >= 0.6 is 11.8 Å². The van der Waals surface area contributed by atoms with E-state index in [0.29, 0.717) is 23.2 Å². The Morgan fingerprint density at radius 2 is 1.81 bits per heavy atom. The Morgan fingerprint density at radius 3 is 2.55 bits per heavy atom. The molecule has 1 fully saturated rings. The molecule has 0 unspecified atom stereocenters. The Kier molecular flexibility index (Phi) is 6.42. The molecule has 4 nitrogen and oxygen atoms in total. The molecule has 0 radical (unpaired) electrons. The van der Waals surface area contributed by atoms with Crippen molar-refractivity contribution in [3.8, 4) is 5.75 Å². The van der Waals surface area contributed by atoms with Crippen LogP contribution in [-0.2, 0) is 4.79 Å². The van der Waals surface area contributed by atoms with E-state index in [2.05, 4.69) is 25.1 Å². The van der Waals surface area contributed by atoms with Gasteiger partial charge in [-0.2, -0.15) is 0 Å². The van der Waals surface area contributed by atoms with Crippen molar-refractivity contribution in [1.82, 2.24) is 4.90 Å². The largest absolute Gasteiger partial charge is 0.493 e. The number of amides is 1. The van der Waals surface area contributed by atoms with E-state index in [1.165, 1.54) is 17.3 Å². The molecule has 5 heteroatoms.